The molecule has 0 bridgehead atoms. The number of likely N-dealkylation sites (N-methyl/N-ethyl adjacent to an activating group) is 1. The Balaban J connectivity index is 0.00000324. The first-order valence-electron chi connectivity index (χ1n) is 5.76. The van der Waals surface area contributed by atoms with E-state index in [2.05, 4.69) is 0 Å². The summed E-state index contributed by atoms with van der Waals surface area (Å²) in [6.07, 6.45) is -0.641. The summed E-state index contributed by atoms with van der Waals surface area (Å²) in [5.74, 6) is -0.478. The van der Waals surface area contributed by atoms with Gasteiger partial charge in [-0.2, -0.15) is 0 Å². The average molecular weight is 291 g/mol. The third kappa shape index (κ3) is 4.45. The minimum absolute atomic E-state index is 0. The number of rotatable bonds is 5. The van der Waals surface area contributed by atoms with Crippen molar-refractivity contribution in [1.82, 2.24) is 4.90 Å². The molecule has 1 rings (SSSR count). The second-order valence-electron chi connectivity index (χ2n) is 4.14. The summed E-state index contributed by atoms with van der Waals surface area (Å²) in [6, 6.07) is 5.91. The molecule has 0 aliphatic rings. The minimum Gasteiger partial charge on any atom is -0.370 e. The summed E-state index contributed by atoms with van der Waals surface area (Å²) in [5, 5.41) is 0. The Labute approximate surface area is 119 Å². The largest absolute Gasteiger partial charge is 0.370 e. The third-order valence-electron chi connectivity index (χ3n) is 3.06. The Bertz CT molecular complexity index is 396. The van der Waals surface area contributed by atoms with Crippen molar-refractivity contribution in [3.8, 4) is 0 Å². The topological polar surface area (TPSA) is 55.6 Å². The Morgan fingerprint density at radius 2 is 1.95 bits per heavy atom. The highest BCUT2D eigenvalue weighted by Crippen LogP contribution is 2.19. The van der Waals surface area contributed by atoms with Gasteiger partial charge in [0.1, 0.15) is 11.9 Å². The van der Waals surface area contributed by atoms with Gasteiger partial charge in [-0.05, 0) is 24.6 Å². The van der Waals surface area contributed by atoms with Crippen molar-refractivity contribution < 1.29 is 13.9 Å². The maximum Gasteiger partial charge on any atom is 0.253 e. The maximum atomic E-state index is 12.8. The fraction of sp³-hybridized carbons (Fsp3) is 0.462. The number of hydrogen-bond acceptors (Lipinski definition) is 3. The number of carbonyl (C=O) groups excluding carboxylic acids is 1. The molecule has 2 atom stereocenters. The number of methoxy groups -OCH3 is 1. The van der Waals surface area contributed by atoms with E-state index >= 15 is 0 Å². The summed E-state index contributed by atoms with van der Waals surface area (Å²) >= 11 is 0. The van der Waals surface area contributed by atoms with Crippen molar-refractivity contribution in [3.63, 3.8) is 0 Å². The van der Waals surface area contributed by atoms with Crippen LogP contribution < -0.4 is 5.73 Å². The fourth-order valence-corrected chi connectivity index (χ4v) is 1.68. The SMILES string of the molecule is COC(CN)C(=O)N(C)C(C)c1ccc(F)cc1.Cl. The quantitative estimate of drug-likeness (QED) is 0.899. The van der Waals surface area contributed by atoms with Crippen LogP contribution >= 0.6 is 12.4 Å². The molecule has 0 fully saturated rings. The van der Waals surface area contributed by atoms with Crippen LogP contribution in [0.25, 0.3) is 0 Å². The van der Waals surface area contributed by atoms with Crippen molar-refractivity contribution in [2.45, 2.75) is 19.1 Å². The molecule has 1 aromatic carbocycles. The summed E-state index contributed by atoms with van der Waals surface area (Å²) < 4.78 is 17.8. The summed E-state index contributed by atoms with van der Waals surface area (Å²) in [5.41, 5.74) is 6.32. The summed E-state index contributed by atoms with van der Waals surface area (Å²) in [7, 11) is 3.13. The molecular formula is C13H20ClFN2O2. The molecule has 2 unspecified atom stereocenters. The molecule has 0 aliphatic heterocycles. The predicted octanol–water partition coefficient (Wildman–Crippen LogP) is 1.74. The first-order valence-corrected chi connectivity index (χ1v) is 5.76. The minimum atomic E-state index is -0.641. The molecule has 1 aromatic rings. The van der Waals surface area contributed by atoms with E-state index in [0.717, 1.165) is 5.56 Å². The molecule has 19 heavy (non-hydrogen) atoms. The number of halogens is 2. The molecule has 0 saturated heterocycles. The normalized spacial score (nSPS) is 13.3. The van der Waals surface area contributed by atoms with E-state index in [1.807, 2.05) is 6.92 Å². The Hall–Kier alpha value is -1.17. The van der Waals surface area contributed by atoms with E-state index in [1.165, 1.54) is 19.2 Å². The predicted molar refractivity (Wildman–Crippen MR) is 74.7 cm³/mol. The zero-order valence-electron chi connectivity index (χ0n) is 11.3. The molecule has 0 aromatic heterocycles. The molecule has 0 spiro atoms. The van der Waals surface area contributed by atoms with Crippen LogP contribution in [0.15, 0.2) is 24.3 Å². The highest BCUT2D eigenvalue weighted by atomic mass is 35.5. The van der Waals surface area contributed by atoms with Crippen LogP contribution in [0, 0.1) is 5.82 Å². The molecule has 2 N–H and O–H groups in total. The van der Waals surface area contributed by atoms with Gasteiger partial charge in [0, 0.05) is 20.7 Å². The second kappa shape index (κ2) is 8.09. The van der Waals surface area contributed by atoms with E-state index < -0.39 is 6.10 Å². The van der Waals surface area contributed by atoms with Crippen LogP contribution in [0.4, 0.5) is 4.39 Å². The molecule has 0 saturated carbocycles. The molecule has 4 nitrogen and oxygen atoms in total. The monoisotopic (exact) mass is 290 g/mol. The van der Waals surface area contributed by atoms with Gasteiger partial charge in [0.15, 0.2) is 0 Å². The highest BCUT2D eigenvalue weighted by Gasteiger charge is 2.24. The van der Waals surface area contributed by atoms with Crippen LogP contribution in [-0.2, 0) is 9.53 Å². The van der Waals surface area contributed by atoms with Gasteiger partial charge in [0.25, 0.3) is 5.91 Å². The van der Waals surface area contributed by atoms with E-state index in [9.17, 15) is 9.18 Å². The zero-order chi connectivity index (χ0) is 13.7. The van der Waals surface area contributed by atoms with Gasteiger partial charge in [-0.15, -0.1) is 12.4 Å². The maximum absolute atomic E-state index is 12.8. The van der Waals surface area contributed by atoms with Crippen LogP contribution in [0.2, 0.25) is 0 Å². The Morgan fingerprint density at radius 1 is 1.42 bits per heavy atom. The first kappa shape index (κ1) is 17.8. The molecule has 0 heterocycles. The van der Waals surface area contributed by atoms with Crippen molar-refractivity contribution in [2.24, 2.45) is 5.73 Å². The number of ether oxygens (including phenoxy) is 1. The number of nitrogens with two attached hydrogens (primary N) is 1. The Morgan fingerprint density at radius 3 is 2.37 bits per heavy atom. The van der Waals surface area contributed by atoms with E-state index in [1.54, 1.807) is 24.1 Å². The molecule has 0 radical (unpaired) electrons. The van der Waals surface area contributed by atoms with Gasteiger partial charge >= 0.3 is 0 Å². The van der Waals surface area contributed by atoms with Crippen LogP contribution in [-0.4, -0.2) is 37.6 Å². The lowest BCUT2D eigenvalue weighted by atomic mass is 10.1. The first-order chi connectivity index (χ1) is 8.51. The Kier molecular flexibility index (Phi) is 7.59. The molecule has 0 aliphatic carbocycles. The summed E-state index contributed by atoms with van der Waals surface area (Å²) in [6.45, 7) is 2.00. The lowest BCUT2D eigenvalue weighted by Gasteiger charge is -2.28. The van der Waals surface area contributed by atoms with Crippen molar-refractivity contribution in [1.29, 1.82) is 0 Å². The lowest BCUT2D eigenvalue weighted by Crippen LogP contribution is -2.42. The van der Waals surface area contributed by atoms with Gasteiger partial charge in [-0.3, -0.25) is 4.79 Å². The smallest absolute Gasteiger partial charge is 0.253 e. The standard InChI is InChI=1S/C13H19FN2O2.ClH/c1-9(10-4-6-11(14)7-5-10)16(2)13(17)12(8-15)18-3;/h4-7,9,12H,8,15H2,1-3H3;1H. The lowest BCUT2D eigenvalue weighted by molar-refractivity contribution is -0.142. The molecular weight excluding hydrogens is 271 g/mol. The van der Waals surface area contributed by atoms with E-state index in [4.69, 9.17) is 10.5 Å². The molecule has 6 heteroatoms. The summed E-state index contributed by atoms with van der Waals surface area (Å²) in [4.78, 5) is 13.6. The van der Waals surface area contributed by atoms with Crippen molar-refractivity contribution >= 4 is 18.3 Å². The molecule has 1 amide bonds. The van der Waals surface area contributed by atoms with Gasteiger partial charge < -0.3 is 15.4 Å². The van der Waals surface area contributed by atoms with Crippen LogP contribution in [0.1, 0.15) is 18.5 Å². The van der Waals surface area contributed by atoms with Crippen molar-refractivity contribution in [2.75, 3.05) is 20.7 Å². The van der Waals surface area contributed by atoms with Crippen molar-refractivity contribution in [3.05, 3.63) is 35.6 Å². The number of hydrogen-bond donors (Lipinski definition) is 1. The van der Waals surface area contributed by atoms with E-state index in [0.29, 0.717) is 0 Å². The molecule has 108 valence electrons. The average Bonchev–Trinajstić information content (AvgIpc) is 2.39. The number of nitrogens with zero attached hydrogens (tertiary/aromatic N) is 1. The van der Waals surface area contributed by atoms with Gasteiger partial charge in [0.2, 0.25) is 0 Å². The van der Waals surface area contributed by atoms with Crippen LogP contribution in [0.5, 0.6) is 0 Å². The number of benzene rings is 1. The highest BCUT2D eigenvalue weighted by molar-refractivity contribution is 5.85. The fourth-order valence-electron chi connectivity index (χ4n) is 1.68. The number of carbonyl (C=O) groups is 1. The zero-order valence-corrected chi connectivity index (χ0v) is 12.1. The number of amides is 1. The van der Waals surface area contributed by atoms with Gasteiger partial charge in [-0.25, -0.2) is 4.39 Å². The third-order valence-corrected chi connectivity index (χ3v) is 3.06. The van der Waals surface area contributed by atoms with Gasteiger partial charge in [-0.1, -0.05) is 12.1 Å². The van der Waals surface area contributed by atoms with Gasteiger partial charge in [0.05, 0.1) is 6.04 Å². The second-order valence-corrected chi connectivity index (χ2v) is 4.14. The van der Waals surface area contributed by atoms with E-state index in [-0.39, 0.29) is 36.7 Å². The van der Waals surface area contributed by atoms with Crippen LogP contribution in [0.3, 0.4) is 0 Å².